The van der Waals surface area contributed by atoms with Crippen LogP contribution in [0.4, 0.5) is 5.82 Å². The SMILES string of the molecule is Cc1nn(C)c(N2CCN(CCO)CC2)c1C=O. The van der Waals surface area contributed by atoms with Gasteiger partial charge in [-0.1, -0.05) is 0 Å². The van der Waals surface area contributed by atoms with Crippen LogP contribution in [0.2, 0.25) is 0 Å². The number of aldehydes is 1. The molecule has 6 heteroatoms. The Morgan fingerprint density at radius 2 is 2.00 bits per heavy atom. The Morgan fingerprint density at radius 3 is 2.56 bits per heavy atom. The van der Waals surface area contributed by atoms with Gasteiger partial charge in [-0.15, -0.1) is 0 Å². The molecule has 0 aliphatic carbocycles. The molecule has 1 aliphatic rings. The van der Waals surface area contributed by atoms with Crippen LogP contribution in [0, 0.1) is 6.92 Å². The van der Waals surface area contributed by atoms with E-state index in [4.69, 9.17) is 5.11 Å². The Balaban J connectivity index is 2.12. The molecule has 1 N–H and O–H groups in total. The molecule has 2 rings (SSSR count). The van der Waals surface area contributed by atoms with Crippen molar-refractivity contribution in [1.82, 2.24) is 14.7 Å². The van der Waals surface area contributed by atoms with Crippen LogP contribution in [-0.2, 0) is 7.05 Å². The molecular formula is C12H20N4O2. The number of aromatic nitrogens is 2. The standard InChI is InChI=1S/C12H20N4O2/c1-10-11(9-18)12(14(2)13-10)16-5-3-15(4-6-16)7-8-17/h9,17H,3-8H2,1-2H3. The lowest BCUT2D eigenvalue weighted by molar-refractivity contribution is 0.112. The Kier molecular flexibility index (Phi) is 3.98. The first-order valence-electron chi connectivity index (χ1n) is 6.24. The fraction of sp³-hybridized carbons (Fsp3) is 0.667. The van der Waals surface area contributed by atoms with E-state index in [2.05, 4.69) is 14.9 Å². The quantitative estimate of drug-likeness (QED) is 0.743. The van der Waals surface area contributed by atoms with Gasteiger partial charge in [0.1, 0.15) is 5.82 Å². The van der Waals surface area contributed by atoms with Crippen LogP contribution in [0.5, 0.6) is 0 Å². The molecule has 18 heavy (non-hydrogen) atoms. The normalized spacial score (nSPS) is 17.2. The van der Waals surface area contributed by atoms with E-state index in [1.165, 1.54) is 0 Å². The molecule has 0 radical (unpaired) electrons. The third kappa shape index (κ3) is 2.39. The zero-order valence-corrected chi connectivity index (χ0v) is 11.0. The third-order valence-electron chi connectivity index (χ3n) is 3.44. The third-order valence-corrected chi connectivity index (χ3v) is 3.44. The van der Waals surface area contributed by atoms with Crippen molar-refractivity contribution in [2.75, 3.05) is 44.2 Å². The van der Waals surface area contributed by atoms with Crippen LogP contribution in [-0.4, -0.2) is 65.4 Å². The van der Waals surface area contributed by atoms with Gasteiger partial charge in [0.2, 0.25) is 0 Å². The van der Waals surface area contributed by atoms with Crippen LogP contribution >= 0.6 is 0 Å². The summed E-state index contributed by atoms with van der Waals surface area (Å²) < 4.78 is 1.78. The number of aryl methyl sites for hydroxylation is 2. The van der Waals surface area contributed by atoms with Crippen molar-refractivity contribution in [3.05, 3.63) is 11.3 Å². The summed E-state index contributed by atoms with van der Waals surface area (Å²) in [5, 5.41) is 13.2. The Labute approximate surface area is 107 Å². The zero-order chi connectivity index (χ0) is 13.1. The van der Waals surface area contributed by atoms with Crippen molar-refractivity contribution in [3.8, 4) is 0 Å². The van der Waals surface area contributed by atoms with Gasteiger partial charge in [-0.05, 0) is 6.92 Å². The van der Waals surface area contributed by atoms with Crippen molar-refractivity contribution in [2.45, 2.75) is 6.92 Å². The molecule has 0 saturated carbocycles. The summed E-state index contributed by atoms with van der Waals surface area (Å²) in [4.78, 5) is 15.6. The van der Waals surface area contributed by atoms with Gasteiger partial charge in [-0.3, -0.25) is 14.4 Å². The smallest absolute Gasteiger partial charge is 0.155 e. The Bertz CT molecular complexity index is 422. The molecule has 0 unspecified atom stereocenters. The number of aliphatic hydroxyl groups is 1. The zero-order valence-electron chi connectivity index (χ0n) is 11.0. The van der Waals surface area contributed by atoms with Crippen molar-refractivity contribution >= 4 is 12.1 Å². The molecule has 0 atom stereocenters. The second-order valence-corrected chi connectivity index (χ2v) is 4.62. The van der Waals surface area contributed by atoms with Gasteiger partial charge in [-0.2, -0.15) is 5.10 Å². The minimum atomic E-state index is 0.199. The second-order valence-electron chi connectivity index (χ2n) is 4.62. The number of carbonyl (C=O) groups is 1. The molecule has 1 aromatic rings. The fourth-order valence-electron chi connectivity index (χ4n) is 2.50. The fourth-order valence-corrected chi connectivity index (χ4v) is 2.50. The molecule has 1 fully saturated rings. The number of β-amino-alcohol motifs (C(OH)–C–C–N with tert-alkyl or cyclic N) is 1. The van der Waals surface area contributed by atoms with Gasteiger partial charge >= 0.3 is 0 Å². The highest BCUT2D eigenvalue weighted by molar-refractivity contribution is 5.84. The first-order valence-corrected chi connectivity index (χ1v) is 6.24. The van der Waals surface area contributed by atoms with Gasteiger partial charge in [0.05, 0.1) is 17.9 Å². The van der Waals surface area contributed by atoms with Gasteiger partial charge < -0.3 is 10.0 Å². The van der Waals surface area contributed by atoms with Gasteiger partial charge in [0.15, 0.2) is 6.29 Å². The highest BCUT2D eigenvalue weighted by Crippen LogP contribution is 2.22. The molecule has 1 saturated heterocycles. The minimum absolute atomic E-state index is 0.199. The van der Waals surface area contributed by atoms with Crippen molar-refractivity contribution in [2.24, 2.45) is 7.05 Å². The van der Waals surface area contributed by atoms with Crippen molar-refractivity contribution in [3.63, 3.8) is 0 Å². The maximum atomic E-state index is 11.1. The summed E-state index contributed by atoms with van der Waals surface area (Å²) in [6.45, 7) is 6.31. The van der Waals surface area contributed by atoms with Gasteiger partial charge in [0, 0.05) is 39.8 Å². The summed E-state index contributed by atoms with van der Waals surface area (Å²) in [6, 6.07) is 0. The maximum Gasteiger partial charge on any atom is 0.155 e. The molecule has 0 bridgehead atoms. The summed E-state index contributed by atoms with van der Waals surface area (Å²) in [7, 11) is 1.87. The Morgan fingerprint density at radius 1 is 1.33 bits per heavy atom. The highest BCUT2D eigenvalue weighted by atomic mass is 16.3. The molecule has 0 spiro atoms. The molecule has 100 valence electrons. The van der Waals surface area contributed by atoms with Crippen LogP contribution in [0.25, 0.3) is 0 Å². The number of anilines is 1. The topological polar surface area (TPSA) is 61.6 Å². The van der Waals surface area contributed by atoms with E-state index in [1.807, 2.05) is 14.0 Å². The summed E-state index contributed by atoms with van der Waals surface area (Å²) in [5.41, 5.74) is 1.47. The molecule has 1 aliphatic heterocycles. The maximum absolute atomic E-state index is 11.1. The van der Waals surface area contributed by atoms with Gasteiger partial charge in [-0.25, -0.2) is 0 Å². The second kappa shape index (κ2) is 5.49. The van der Waals surface area contributed by atoms with E-state index >= 15 is 0 Å². The first kappa shape index (κ1) is 13.0. The average molecular weight is 252 g/mol. The number of hydrogen-bond donors (Lipinski definition) is 1. The summed E-state index contributed by atoms with van der Waals surface area (Å²) in [5.74, 6) is 0.908. The lowest BCUT2D eigenvalue weighted by Gasteiger charge is -2.35. The van der Waals surface area contributed by atoms with Crippen molar-refractivity contribution in [1.29, 1.82) is 0 Å². The number of nitrogens with zero attached hydrogens (tertiary/aromatic N) is 4. The number of carbonyl (C=O) groups excluding carboxylic acids is 1. The van der Waals surface area contributed by atoms with E-state index in [0.29, 0.717) is 5.56 Å². The van der Waals surface area contributed by atoms with Crippen molar-refractivity contribution < 1.29 is 9.90 Å². The van der Waals surface area contributed by atoms with Crippen LogP contribution in [0.1, 0.15) is 16.1 Å². The van der Waals surface area contributed by atoms with E-state index in [1.54, 1.807) is 4.68 Å². The number of hydrogen-bond acceptors (Lipinski definition) is 5. The van der Waals surface area contributed by atoms with Gasteiger partial charge in [0.25, 0.3) is 0 Å². The summed E-state index contributed by atoms with van der Waals surface area (Å²) >= 11 is 0. The predicted molar refractivity (Wildman–Crippen MR) is 69.1 cm³/mol. The summed E-state index contributed by atoms with van der Waals surface area (Å²) in [6.07, 6.45) is 0.887. The molecule has 1 aromatic heterocycles. The van der Waals surface area contributed by atoms with Crippen LogP contribution in [0.15, 0.2) is 0 Å². The number of rotatable bonds is 4. The van der Waals surface area contributed by atoms with E-state index in [9.17, 15) is 4.79 Å². The number of aliphatic hydroxyl groups excluding tert-OH is 1. The molecule has 0 aromatic carbocycles. The van der Waals surface area contributed by atoms with E-state index < -0.39 is 0 Å². The number of piperazine rings is 1. The van der Waals surface area contributed by atoms with Crippen LogP contribution in [0.3, 0.4) is 0 Å². The molecule has 6 nitrogen and oxygen atoms in total. The molecular weight excluding hydrogens is 232 g/mol. The largest absolute Gasteiger partial charge is 0.395 e. The highest BCUT2D eigenvalue weighted by Gasteiger charge is 2.23. The monoisotopic (exact) mass is 252 g/mol. The minimum Gasteiger partial charge on any atom is -0.395 e. The first-order chi connectivity index (χ1) is 8.67. The lowest BCUT2D eigenvalue weighted by Crippen LogP contribution is -2.48. The van der Waals surface area contributed by atoms with Crippen LogP contribution < -0.4 is 4.90 Å². The molecule has 2 heterocycles. The molecule has 0 amide bonds. The average Bonchev–Trinajstić information content (AvgIpc) is 2.65. The Hall–Kier alpha value is -1.40. The van der Waals surface area contributed by atoms with E-state index in [0.717, 1.165) is 50.5 Å². The lowest BCUT2D eigenvalue weighted by atomic mass is 10.2. The van der Waals surface area contributed by atoms with E-state index in [-0.39, 0.29) is 6.61 Å². The predicted octanol–water partition coefficient (Wildman–Crippen LogP) is -0.345.